The van der Waals surface area contributed by atoms with E-state index >= 15 is 0 Å². The van der Waals surface area contributed by atoms with Crippen LogP contribution < -0.4 is 0 Å². The highest BCUT2D eigenvalue weighted by Crippen LogP contribution is 2.10. The van der Waals surface area contributed by atoms with E-state index in [1.165, 1.54) is 44.3 Å². The number of hydrogen-bond acceptors (Lipinski definition) is 2. The predicted molar refractivity (Wildman–Crippen MR) is 67.4 cm³/mol. The first-order valence-electron chi connectivity index (χ1n) is 5.63. The van der Waals surface area contributed by atoms with Gasteiger partial charge in [0.05, 0.1) is 6.10 Å². The van der Waals surface area contributed by atoms with Crippen molar-refractivity contribution in [2.24, 2.45) is 0 Å². The summed E-state index contributed by atoms with van der Waals surface area (Å²) in [6.07, 6.45) is 7.74. The smallest absolute Gasteiger partial charge is 0.0765 e. The van der Waals surface area contributed by atoms with Gasteiger partial charge < -0.3 is 5.11 Å². The third kappa shape index (κ3) is 10.7. The molecule has 0 amide bonds. The zero-order chi connectivity index (χ0) is 10.6. The van der Waals surface area contributed by atoms with E-state index < -0.39 is 0 Å². The van der Waals surface area contributed by atoms with Crippen LogP contribution in [0.2, 0.25) is 0 Å². The summed E-state index contributed by atoms with van der Waals surface area (Å²) >= 11 is 7.30. The van der Waals surface area contributed by atoms with E-state index in [2.05, 4.69) is 6.92 Å². The molecule has 1 N–H and O–H groups in total. The maximum absolute atomic E-state index is 9.18. The monoisotopic (exact) mass is 238 g/mol. The van der Waals surface area contributed by atoms with Crippen molar-refractivity contribution in [3.63, 3.8) is 0 Å². The zero-order valence-corrected chi connectivity index (χ0v) is 10.7. The summed E-state index contributed by atoms with van der Waals surface area (Å²) in [5, 5.41) is 9.18. The molecule has 3 heteroatoms. The maximum atomic E-state index is 9.18. The van der Waals surface area contributed by atoms with E-state index in [1.807, 2.05) is 11.8 Å². The fourth-order valence-corrected chi connectivity index (χ4v) is 2.45. The van der Waals surface area contributed by atoms with Crippen LogP contribution >= 0.6 is 23.4 Å². The van der Waals surface area contributed by atoms with Crippen molar-refractivity contribution in [2.45, 2.75) is 51.6 Å². The minimum Gasteiger partial charge on any atom is -0.391 e. The summed E-state index contributed by atoms with van der Waals surface area (Å²) in [6, 6.07) is 0. The molecular formula is C11H23ClOS. The van der Waals surface area contributed by atoms with Crippen molar-refractivity contribution in [3.05, 3.63) is 0 Å². The number of thioether (sulfide) groups is 1. The minimum atomic E-state index is -0.318. The zero-order valence-electron chi connectivity index (χ0n) is 9.17. The van der Waals surface area contributed by atoms with Gasteiger partial charge in [0.1, 0.15) is 0 Å². The molecule has 86 valence electrons. The Labute approximate surface area is 97.6 Å². The van der Waals surface area contributed by atoms with Gasteiger partial charge in [-0.05, 0) is 12.2 Å². The van der Waals surface area contributed by atoms with Crippen LogP contribution in [0, 0.1) is 0 Å². The lowest BCUT2D eigenvalue weighted by atomic mass is 10.1. The number of unbranched alkanes of at least 4 members (excludes halogenated alkanes) is 5. The first-order chi connectivity index (χ1) is 6.81. The van der Waals surface area contributed by atoms with Crippen LogP contribution in [0.25, 0.3) is 0 Å². The van der Waals surface area contributed by atoms with Gasteiger partial charge in [-0.2, -0.15) is 11.8 Å². The number of alkyl halides is 1. The summed E-state index contributed by atoms with van der Waals surface area (Å²) in [5.41, 5.74) is 0. The number of rotatable bonds is 10. The van der Waals surface area contributed by atoms with Crippen molar-refractivity contribution in [3.8, 4) is 0 Å². The standard InChI is InChI=1S/C11H23ClOS/c1-2-3-4-5-6-7-8-14-10-11(13)9-12/h11,13H,2-10H2,1H3/t11-/m1/s1. The highest BCUT2D eigenvalue weighted by Gasteiger charge is 2.00. The molecule has 0 rings (SSSR count). The van der Waals surface area contributed by atoms with Crippen LogP contribution in [-0.4, -0.2) is 28.6 Å². The van der Waals surface area contributed by atoms with E-state index in [0.717, 1.165) is 5.75 Å². The van der Waals surface area contributed by atoms with Crippen LogP contribution in [0.4, 0.5) is 0 Å². The molecule has 0 aliphatic rings. The van der Waals surface area contributed by atoms with Crippen molar-refractivity contribution >= 4 is 23.4 Å². The SMILES string of the molecule is CCCCCCCCSC[C@H](O)CCl. The molecule has 0 aromatic rings. The normalized spacial score (nSPS) is 13.1. The van der Waals surface area contributed by atoms with Crippen molar-refractivity contribution in [2.75, 3.05) is 17.4 Å². The van der Waals surface area contributed by atoms with Gasteiger partial charge >= 0.3 is 0 Å². The fourth-order valence-electron chi connectivity index (χ4n) is 1.25. The summed E-state index contributed by atoms with van der Waals surface area (Å²) < 4.78 is 0. The first kappa shape index (κ1) is 14.6. The average molecular weight is 239 g/mol. The Morgan fingerprint density at radius 2 is 1.79 bits per heavy atom. The molecule has 0 unspecified atom stereocenters. The Balaban J connectivity index is 2.92. The van der Waals surface area contributed by atoms with Gasteiger partial charge in [0.2, 0.25) is 0 Å². The molecule has 0 aliphatic carbocycles. The van der Waals surface area contributed by atoms with Gasteiger partial charge in [-0.15, -0.1) is 11.6 Å². The van der Waals surface area contributed by atoms with Crippen LogP contribution in [0.3, 0.4) is 0 Å². The Bertz CT molecular complexity index is 111. The molecule has 0 aromatic heterocycles. The van der Waals surface area contributed by atoms with Gasteiger partial charge in [0, 0.05) is 11.6 Å². The highest BCUT2D eigenvalue weighted by atomic mass is 35.5. The Morgan fingerprint density at radius 1 is 1.14 bits per heavy atom. The molecule has 0 saturated carbocycles. The van der Waals surface area contributed by atoms with Gasteiger partial charge in [-0.3, -0.25) is 0 Å². The Hall–Kier alpha value is 0.600. The van der Waals surface area contributed by atoms with Gasteiger partial charge in [-0.25, -0.2) is 0 Å². The van der Waals surface area contributed by atoms with Gasteiger partial charge in [0.15, 0.2) is 0 Å². The number of halogens is 1. The van der Waals surface area contributed by atoms with Crippen LogP contribution in [-0.2, 0) is 0 Å². The first-order valence-corrected chi connectivity index (χ1v) is 7.32. The average Bonchev–Trinajstić information content (AvgIpc) is 2.21. The summed E-state index contributed by atoms with van der Waals surface area (Å²) in [7, 11) is 0. The number of aliphatic hydroxyl groups is 1. The lowest BCUT2D eigenvalue weighted by molar-refractivity contribution is 0.223. The molecule has 14 heavy (non-hydrogen) atoms. The number of aliphatic hydroxyl groups excluding tert-OH is 1. The van der Waals surface area contributed by atoms with E-state index in [0.29, 0.717) is 5.88 Å². The largest absolute Gasteiger partial charge is 0.391 e. The van der Waals surface area contributed by atoms with E-state index in [9.17, 15) is 5.11 Å². The lowest BCUT2D eigenvalue weighted by Crippen LogP contribution is -2.11. The van der Waals surface area contributed by atoms with E-state index in [4.69, 9.17) is 11.6 Å². The van der Waals surface area contributed by atoms with Crippen molar-refractivity contribution < 1.29 is 5.11 Å². The minimum absolute atomic E-state index is 0.318. The molecule has 0 fully saturated rings. The Morgan fingerprint density at radius 3 is 2.43 bits per heavy atom. The van der Waals surface area contributed by atoms with Crippen LogP contribution in [0.15, 0.2) is 0 Å². The van der Waals surface area contributed by atoms with Gasteiger partial charge in [0.25, 0.3) is 0 Å². The second-order valence-electron chi connectivity index (χ2n) is 3.65. The Kier molecular flexibility index (Phi) is 12.2. The summed E-state index contributed by atoms with van der Waals surface area (Å²) in [4.78, 5) is 0. The fraction of sp³-hybridized carbons (Fsp3) is 1.00. The molecule has 0 saturated heterocycles. The van der Waals surface area contributed by atoms with Crippen molar-refractivity contribution in [1.29, 1.82) is 0 Å². The molecule has 1 atom stereocenters. The second kappa shape index (κ2) is 11.7. The summed E-state index contributed by atoms with van der Waals surface area (Å²) in [6.45, 7) is 2.24. The highest BCUT2D eigenvalue weighted by molar-refractivity contribution is 7.99. The summed E-state index contributed by atoms with van der Waals surface area (Å²) in [5.74, 6) is 2.32. The van der Waals surface area contributed by atoms with E-state index in [-0.39, 0.29) is 6.10 Å². The molecule has 0 aromatic carbocycles. The second-order valence-corrected chi connectivity index (χ2v) is 5.11. The van der Waals surface area contributed by atoms with E-state index in [1.54, 1.807) is 0 Å². The molecule has 1 nitrogen and oxygen atoms in total. The lowest BCUT2D eigenvalue weighted by Gasteiger charge is -2.05. The molecule has 0 bridgehead atoms. The predicted octanol–water partition coefficient (Wildman–Crippen LogP) is 3.68. The quantitative estimate of drug-likeness (QED) is 0.463. The molecular weight excluding hydrogens is 216 g/mol. The van der Waals surface area contributed by atoms with Gasteiger partial charge in [-0.1, -0.05) is 39.0 Å². The number of hydrogen-bond donors (Lipinski definition) is 1. The molecule has 0 heterocycles. The van der Waals surface area contributed by atoms with Crippen molar-refractivity contribution in [1.82, 2.24) is 0 Å². The molecule has 0 spiro atoms. The molecule has 0 radical (unpaired) electrons. The maximum Gasteiger partial charge on any atom is 0.0765 e. The third-order valence-corrected chi connectivity index (χ3v) is 3.68. The topological polar surface area (TPSA) is 20.2 Å². The van der Waals surface area contributed by atoms with Crippen LogP contribution in [0.5, 0.6) is 0 Å². The molecule has 0 aliphatic heterocycles. The van der Waals surface area contributed by atoms with Crippen LogP contribution in [0.1, 0.15) is 45.4 Å². The third-order valence-electron chi connectivity index (χ3n) is 2.13.